The number of rotatable bonds is 6. The average Bonchev–Trinajstić information content (AvgIpc) is 2.37. The molecule has 0 unspecified atom stereocenters. The van der Waals surface area contributed by atoms with Crippen molar-refractivity contribution in [2.75, 3.05) is 12.5 Å². The standard InChI is InChI=1S/C15H18ClFO/c1-2-3-6-11-18-15-12-14(17)9-8-13(15)7-4-5-10-16/h8-9,12H,2-3,5-6,10-11H2,1H3. The molecule has 3 heteroatoms. The van der Waals surface area contributed by atoms with Crippen LogP contribution < -0.4 is 4.74 Å². The zero-order valence-corrected chi connectivity index (χ0v) is 11.4. The van der Waals surface area contributed by atoms with Crippen molar-refractivity contribution in [1.82, 2.24) is 0 Å². The van der Waals surface area contributed by atoms with Crippen LogP contribution in [0.1, 0.15) is 38.2 Å². The van der Waals surface area contributed by atoms with Crippen LogP contribution in [0.25, 0.3) is 0 Å². The lowest BCUT2D eigenvalue weighted by atomic mass is 10.2. The summed E-state index contributed by atoms with van der Waals surface area (Å²) in [6.45, 7) is 2.73. The van der Waals surface area contributed by atoms with Crippen LogP contribution in [0.4, 0.5) is 4.39 Å². The number of alkyl halides is 1. The predicted octanol–water partition coefficient (Wildman–Crippen LogP) is 4.38. The third-order valence-electron chi connectivity index (χ3n) is 2.39. The quantitative estimate of drug-likeness (QED) is 0.423. The summed E-state index contributed by atoms with van der Waals surface area (Å²) in [5, 5.41) is 0. The second-order valence-electron chi connectivity index (χ2n) is 3.94. The topological polar surface area (TPSA) is 9.23 Å². The third kappa shape index (κ3) is 5.42. The third-order valence-corrected chi connectivity index (χ3v) is 2.58. The molecule has 1 aromatic rings. The second-order valence-corrected chi connectivity index (χ2v) is 4.31. The maximum atomic E-state index is 13.2. The van der Waals surface area contributed by atoms with Gasteiger partial charge in [0.15, 0.2) is 0 Å². The molecule has 1 nitrogen and oxygen atoms in total. The zero-order valence-electron chi connectivity index (χ0n) is 10.6. The molecule has 0 saturated carbocycles. The van der Waals surface area contributed by atoms with Crippen LogP contribution in [-0.4, -0.2) is 12.5 Å². The van der Waals surface area contributed by atoms with Crippen molar-refractivity contribution in [3.8, 4) is 17.6 Å². The van der Waals surface area contributed by atoms with Gasteiger partial charge in [0, 0.05) is 18.4 Å². The molecule has 0 spiro atoms. The summed E-state index contributed by atoms with van der Waals surface area (Å²) >= 11 is 5.56. The van der Waals surface area contributed by atoms with Crippen LogP contribution in [0, 0.1) is 17.7 Å². The first kappa shape index (κ1) is 14.9. The monoisotopic (exact) mass is 268 g/mol. The van der Waals surface area contributed by atoms with Gasteiger partial charge in [0.2, 0.25) is 0 Å². The molecule has 1 rings (SSSR count). The second kappa shape index (κ2) is 8.83. The number of halogens is 2. The van der Waals surface area contributed by atoms with E-state index >= 15 is 0 Å². The van der Waals surface area contributed by atoms with Gasteiger partial charge in [0.1, 0.15) is 11.6 Å². The van der Waals surface area contributed by atoms with Gasteiger partial charge in [0.05, 0.1) is 12.2 Å². The molecule has 0 atom stereocenters. The van der Waals surface area contributed by atoms with Gasteiger partial charge in [-0.3, -0.25) is 0 Å². The first-order valence-corrected chi connectivity index (χ1v) is 6.78. The molecule has 0 aromatic heterocycles. The minimum absolute atomic E-state index is 0.302. The molecule has 0 bridgehead atoms. The van der Waals surface area contributed by atoms with Crippen molar-refractivity contribution in [3.05, 3.63) is 29.6 Å². The van der Waals surface area contributed by atoms with Gasteiger partial charge in [-0.05, 0) is 18.6 Å². The fourth-order valence-electron chi connectivity index (χ4n) is 1.46. The van der Waals surface area contributed by atoms with Gasteiger partial charge in [-0.2, -0.15) is 0 Å². The molecular formula is C15H18ClFO. The molecule has 0 aliphatic rings. The Morgan fingerprint density at radius 3 is 2.89 bits per heavy atom. The zero-order chi connectivity index (χ0) is 13.2. The van der Waals surface area contributed by atoms with E-state index in [1.54, 1.807) is 6.07 Å². The summed E-state index contributed by atoms with van der Waals surface area (Å²) in [6, 6.07) is 4.42. The largest absolute Gasteiger partial charge is 0.492 e. The normalized spacial score (nSPS) is 9.72. The van der Waals surface area contributed by atoms with Crippen LogP contribution in [0.15, 0.2) is 18.2 Å². The van der Waals surface area contributed by atoms with Crippen LogP contribution in [-0.2, 0) is 0 Å². The maximum Gasteiger partial charge on any atom is 0.137 e. The lowest BCUT2D eigenvalue weighted by Gasteiger charge is -2.08. The Kier molecular flexibility index (Phi) is 7.29. The Labute approximate surface area is 113 Å². The van der Waals surface area contributed by atoms with E-state index in [-0.39, 0.29) is 5.82 Å². The van der Waals surface area contributed by atoms with E-state index in [0.29, 0.717) is 24.7 Å². The van der Waals surface area contributed by atoms with E-state index in [1.165, 1.54) is 12.1 Å². The lowest BCUT2D eigenvalue weighted by Crippen LogP contribution is -1.99. The summed E-state index contributed by atoms with van der Waals surface area (Å²) in [7, 11) is 0. The van der Waals surface area contributed by atoms with Crippen LogP contribution >= 0.6 is 11.6 Å². The average molecular weight is 269 g/mol. The highest BCUT2D eigenvalue weighted by Crippen LogP contribution is 2.19. The molecule has 0 aliphatic carbocycles. The Bertz CT molecular complexity index is 420. The van der Waals surface area contributed by atoms with Crippen LogP contribution in [0.2, 0.25) is 0 Å². The SMILES string of the molecule is CCCCCOc1cc(F)ccc1C#CCCCl. The number of hydrogen-bond donors (Lipinski definition) is 0. The van der Waals surface area contributed by atoms with Gasteiger partial charge in [-0.25, -0.2) is 4.39 Å². The van der Waals surface area contributed by atoms with Crippen LogP contribution in [0.3, 0.4) is 0 Å². The van der Waals surface area contributed by atoms with Gasteiger partial charge in [-0.1, -0.05) is 31.6 Å². The van der Waals surface area contributed by atoms with E-state index in [2.05, 4.69) is 18.8 Å². The van der Waals surface area contributed by atoms with Crippen molar-refractivity contribution in [1.29, 1.82) is 0 Å². The molecule has 0 N–H and O–H groups in total. The molecule has 0 heterocycles. The van der Waals surface area contributed by atoms with Crippen molar-refractivity contribution in [2.24, 2.45) is 0 Å². The molecule has 0 aliphatic heterocycles. The Morgan fingerprint density at radius 1 is 1.33 bits per heavy atom. The summed E-state index contributed by atoms with van der Waals surface area (Å²) in [5.74, 6) is 6.60. The van der Waals surface area contributed by atoms with E-state index in [0.717, 1.165) is 24.8 Å². The highest BCUT2D eigenvalue weighted by atomic mass is 35.5. The van der Waals surface area contributed by atoms with E-state index in [1.807, 2.05) is 0 Å². The first-order chi connectivity index (χ1) is 8.77. The Balaban J connectivity index is 2.68. The molecular weight excluding hydrogens is 251 g/mol. The molecule has 0 saturated heterocycles. The predicted molar refractivity (Wildman–Crippen MR) is 73.6 cm³/mol. The summed E-state index contributed by atoms with van der Waals surface area (Å²) in [4.78, 5) is 0. The fourth-order valence-corrected chi connectivity index (χ4v) is 1.55. The van der Waals surface area contributed by atoms with E-state index in [4.69, 9.17) is 16.3 Å². The van der Waals surface area contributed by atoms with Gasteiger partial charge in [0.25, 0.3) is 0 Å². The minimum atomic E-state index is -0.302. The van der Waals surface area contributed by atoms with Gasteiger partial charge < -0.3 is 4.74 Å². The van der Waals surface area contributed by atoms with Gasteiger partial charge >= 0.3 is 0 Å². The lowest BCUT2D eigenvalue weighted by molar-refractivity contribution is 0.304. The van der Waals surface area contributed by atoms with Crippen LogP contribution in [0.5, 0.6) is 5.75 Å². The molecule has 98 valence electrons. The number of benzene rings is 1. The minimum Gasteiger partial charge on any atom is -0.492 e. The molecule has 0 fully saturated rings. The van der Waals surface area contributed by atoms with Gasteiger partial charge in [-0.15, -0.1) is 11.6 Å². The highest BCUT2D eigenvalue weighted by molar-refractivity contribution is 6.18. The smallest absolute Gasteiger partial charge is 0.137 e. The molecule has 18 heavy (non-hydrogen) atoms. The summed E-state index contributed by atoms with van der Waals surface area (Å²) < 4.78 is 18.7. The van der Waals surface area contributed by atoms with E-state index in [9.17, 15) is 4.39 Å². The number of ether oxygens (including phenoxy) is 1. The van der Waals surface area contributed by atoms with Crippen molar-refractivity contribution < 1.29 is 9.13 Å². The maximum absolute atomic E-state index is 13.2. The van der Waals surface area contributed by atoms with E-state index < -0.39 is 0 Å². The Hall–Kier alpha value is -1.20. The first-order valence-electron chi connectivity index (χ1n) is 6.25. The Morgan fingerprint density at radius 2 is 2.17 bits per heavy atom. The van der Waals surface area contributed by atoms with Crippen molar-refractivity contribution in [3.63, 3.8) is 0 Å². The highest BCUT2D eigenvalue weighted by Gasteiger charge is 2.03. The number of unbranched alkanes of at least 4 members (excludes halogenated alkanes) is 2. The molecule has 1 aromatic carbocycles. The summed E-state index contributed by atoms with van der Waals surface area (Å²) in [5.41, 5.74) is 0.720. The molecule has 0 radical (unpaired) electrons. The van der Waals surface area contributed by atoms with Crippen molar-refractivity contribution >= 4 is 11.6 Å². The summed E-state index contributed by atoms with van der Waals surface area (Å²) in [6.07, 6.45) is 3.84. The number of hydrogen-bond acceptors (Lipinski definition) is 1. The fraction of sp³-hybridized carbons (Fsp3) is 0.467. The molecule has 0 amide bonds. The van der Waals surface area contributed by atoms with Crippen molar-refractivity contribution in [2.45, 2.75) is 32.6 Å².